The van der Waals surface area contributed by atoms with Gasteiger partial charge in [-0.2, -0.15) is 0 Å². The Balaban J connectivity index is 2.55. The highest BCUT2D eigenvalue weighted by atomic mass is 79.9. The van der Waals surface area contributed by atoms with Crippen molar-refractivity contribution >= 4 is 22.2 Å². The van der Waals surface area contributed by atoms with E-state index in [2.05, 4.69) is 15.9 Å². The molecule has 1 saturated carbocycles. The molecule has 0 aliphatic heterocycles. The summed E-state index contributed by atoms with van der Waals surface area (Å²) in [6.07, 6.45) is 4.44. The number of aldehydes is 1. The van der Waals surface area contributed by atoms with E-state index < -0.39 is 5.41 Å². The van der Waals surface area contributed by atoms with Crippen molar-refractivity contribution in [3.8, 4) is 0 Å². The lowest BCUT2D eigenvalue weighted by atomic mass is 9.80. The number of hydrogen-bond acceptors (Lipinski definition) is 1. The van der Waals surface area contributed by atoms with Gasteiger partial charge in [-0.3, -0.25) is 0 Å². The molecule has 1 aromatic carbocycles. The monoisotopic (exact) mass is 270 g/mol. The Labute approximate surface area is 96.8 Å². The fraction of sp³-hybridized carbons (Fsp3) is 0.417. The van der Waals surface area contributed by atoms with Crippen LogP contribution in [0.2, 0.25) is 0 Å². The molecule has 80 valence electrons. The molecule has 0 radical (unpaired) electrons. The van der Waals surface area contributed by atoms with Crippen molar-refractivity contribution in [3.05, 3.63) is 34.1 Å². The first-order valence-corrected chi connectivity index (χ1v) is 5.90. The quantitative estimate of drug-likeness (QED) is 0.751. The van der Waals surface area contributed by atoms with E-state index in [1.54, 1.807) is 12.1 Å². The lowest BCUT2D eigenvalue weighted by molar-refractivity contribution is -0.112. The Morgan fingerprint density at radius 2 is 2.00 bits per heavy atom. The maximum Gasteiger partial charge on any atom is 0.130 e. The second-order valence-corrected chi connectivity index (χ2v) is 4.93. The third-order valence-corrected chi connectivity index (χ3v) is 3.84. The average molecular weight is 271 g/mol. The molecular formula is C12H12BrFO. The van der Waals surface area contributed by atoms with Crippen LogP contribution in [0.4, 0.5) is 4.39 Å². The summed E-state index contributed by atoms with van der Waals surface area (Å²) in [4.78, 5) is 11.2. The third kappa shape index (κ3) is 1.73. The number of hydrogen-bond donors (Lipinski definition) is 0. The Morgan fingerprint density at radius 1 is 1.33 bits per heavy atom. The largest absolute Gasteiger partial charge is 0.302 e. The lowest BCUT2D eigenvalue weighted by Crippen LogP contribution is -2.25. The summed E-state index contributed by atoms with van der Waals surface area (Å²) < 4.78 is 14.5. The van der Waals surface area contributed by atoms with E-state index in [1.807, 2.05) is 0 Å². The van der Waals surface area contributed by atoms with Crippen LogP contribution in [0.5, 0.6) is 0 Å². The van der Waals surface area contributed by atoms with Crippen LogP contribution in [0.25, 0.3) is 0 Å². The number of halogens is 2. The van der Waals surface area contributed by atoms with E-state index >= 15 is 0 Å². The van der Waals surface area contributed by atoms with E-state index in [9.17, 15) is 9.18 Å². The van der Waals surface area contributed by atoms with E-state index in [0.29, 0.717) is 10.0 Å². The molecule has 3 heteroatoms. The predicted molar refractivity (Wildman–Crippen MR) is 60.3 cm³/mol. The van der Waals surface area contributed by atoms with Crippen molar-refractivity contribution in [3.63, 3.8) is 0 Å². The van der Waals surface area contributed by atoms with Crippen molar-refractivity contribution in [1.82, 2.24) is 0 Å². The Morgan fingerprint density at radius 3 is 2.53 bits per heavy atom. The van der Waals surface area contributed by atoms with Crippen molar-refractivity contribution < 1.29 is 9.18 Å². The molecule has 2 rings (SSSR count). The van der Waals surface area contributed by atoms with E-state index in [0.717, 1.165) is 32.0 Å². The average Bonchev–Trinajstić information content (AvgIpc) is 2.67. The van der Waals surface area contributed by atoms with E-state index in [1.165, 1.54) is 6.07 Å². The molecule has 0 saturated heterocycles. The van der Waals surface area contributed by atoms with Gasteiger partial charge in [-0.05, 0) is 25.0 Å². The molecule has 1 fully saturated rings. The normalized spacial score (nSPS) is 19.1. The molecule has 1 nitrogen and oxygen atoms in total. The first-order valence-electron chi connectivity index (χ1n) is 5.10. The van der Waals surface area contributed by atoms with Gasteiger partial charge in [0, 0.05) is 10.0 Å². The summed E-state index contributed by atoms with van der Waals surface area (Å²) in [6, 6.07) is 4.86. The second kappa shape index (κ2) is 4.05. The van der Waals surface area contributed by atoms with Crippen LogP contribution >= 0.6 is 15.9 Å². The molecule has 0 bridgehead atoms. The van der Waals surface area contributed by atoms with Crippen LogP contribution in [0.3, 0.4) is 0 Å². The zero-order valence-electron chi connectivity index (χ0n) is 8.30. The molecule has 1 aromatic rings. The van der Waals surface area contributed by atoms with Gasteiger partial charge in [-0.15, -0.1) is 0 Å². The Kier molecular flexibility index (Phi) is 2.91. The number of benzene rings is 1. The van der Waals surface area contributed by atoms with Crippen molar-refractivity contribution in [2.24, 2.45) is 0 Å². The topological polar surface area (TPSA) is 17.1 Å². The summed E-state index contributed by atoms with van der Waals surface area (Å²) in [5.74, 6) is -0.279. The van der Waals surface area contributed by atoms with Gasteiger partial charge >= 0.3 is 0 Å². The Hall–Kier alpha value is -0.700. The van der Waals surface area contributed by atoms with Crippen LogP contribution < -0.4 is 0 Å². The van der Waals surface area contributed by atoms with Crippen LogP contribution in [-0.4, -0.2) is 6.29 Å². The van der Waals surface area contributed by atoms with Crippen molar-refractivity contribution in [2.75, 3.05) is 0 Å². The molecule has 0 spiro atoms. The minimum atomic E-state index is -0.593. The number of carbonyl (C=O) groups is 1. The smallest absolute Gasteiger partial charge is 0.130 e. The van der Waals surface area contributed by atoms with Crippen molar-refractivity contribution in [1.29, 1.82) is 0 Å². The minimum Gasteiger partial charge on any atom is -0.302 e. The van der Waals surface area contributed by atoms with Gasteiger partial charge in [-0.25, -0.2) is 4.39 Å². The fourth-order valence-corrected chi connectivity index (χ4v) is 3.14. The number of carbonyl (C=O) groups excluding carboxylic acids is 1. The van der Waals surface area contributed by atoms with Crippen molar-refractivity contribution in [2.45, 2.75) is 31.1 Å². The third-order valence-electron chi connectivity index (χ3n) is 3.18. The summed E-state index contributed by atoms with van der Waals surface area (Å²) in [7, 11) is 0. The van der Waals surface area contributed by atoms with Gasteiger partial charge in [0.1, 0.15) is 12.1 Å². The van der Waals surface area contributed by atoms with Crippen LogP contribution in [0.1, 0.15) is 31.2 Å². The van der Waals surface area contributed by atoms with Crippen LogP contribution in [0, 0.1) is 5.82 Å². The van der Waals surface area contributed by atoms with Crippen LogP contribution in [-0.2, 0) is 10.2 Å². The molecule has 0 aromatic heterocycles. The molecule has 0 unspecified atom stereocenters. The van der Waals surface area contributed by atoms with E-state index in [-0.39, 0.29) is 5.82 Å². The van der Waals surface area contributed by atoms with Gasteiger partial charge in [0.2, 0.25) is 0 Å². The van der Waals surface area contributed by atoms with E-state index in [4.69, 9.17) is 0 Å². The Bertz CT molecular complexity index is 363. The molecule has 0 amide bonds. The molecule has 1 aliphatic rings. The maximum atomic E-state index is 13.7. The molecule has 0 atom stereocenters. The van der Waals surface area contributed by atoms with Gasteiger partial charge in [0.25, 0.3) is 0 Å². The first kappa shape index (κ1) is 10.8. The minimum absolute atomic E-state index is 0.279. The summed E-state index contributed by atoms with van der Waals surface area (Å²) in [6.45, 7) is 0. The summed E-state index contributed by atoms with van der Waals surface area (Å²) >= 11 is 3.33. The SMILES string of the molecule is O=CC1(c2c(F)cccc2Br)CCCC1. The van der Waals surface area contributed by atoms with Crippen LogP contribution in [0.15, 0.2) is 22.7 Å². The van der Waals surface area contributed by atoms with Gasteiger partial charge < -0.3 is 4.79 Å². The molecular weight excluding hydrogens is 259 g/mol. The highest BCUT2D eigenvalue weighted by Gasteiger charge is 2.38. The fourth-order valence-electron chi connectivity index (χ4n) is 2.41. The highest BCUT2D eigenvalue weighted by molar-refractivity contribution is 9.10. The number of rotatable bonds is 2. The zero-order valence-corrected chi connectivity index (χ0v) is 9.89. The second-order valence-electron chi connectivity index (χ2n) is 4.08. The highest BCUT2D eigenvalue weighted by Crippen LogP contribution is 2.43. The lowest BCUT2D eigenvalue weighted by Gasteiger charge is -2.24. The summed E-state index contributed by atoms with van der Waals surface area (Å²) in [5, 5.41) is 0. The van der Waals surface area contributed by atoms with Gasteiger partial charge in [-0.1, -0.05) is 34.8 Å². The van der Waals surface area contributed by atoms with Gasteiger partial charge in [0.15, 0.2) is 0 Å². The zero-order chi connectivity index (χ0) is 10.9. The molecule has 1 aliphatic carbocycles. The predicted octanol–water partition coefficient (Wildman–Crippen LogP) is 3.60. The first-order chi connectivity index (χ1) is 7.19. The standard InChI is InChI=1S/C12H12BrFO/c13-9-4-3-5-10(14)11(9)12(8-15)6-1-2-7-12/h3-5,8H,1-2,6-7H2. The molecule has 0 N–H and O–H groups in total. The molecule has 0 heterocycles. The molecule has 15 heavy (non-hydrogen) atoms. The summed E-state index contributed by atoms with van der Waals surface area (Å²) in [5.41, 5.74) is -0.0537. The maximum absolute atomic E-state index is 13.7. The van der Waals surface area contributed by atoms with Gasteiger partial charge in [0.05, 0.1) is 5.41 Å².